The van der Waals surface area contributed by atoms with Gasteiger partial charge >= 0.3 is 0 Å². The van der Waals surface area contributed by atoms with E-state index in [1.807, 2.05) is 12.1 Å². The number of carbonyl (C=O) groups excluding carboxylic acids is 1. The van der Waals surface area contributed by atoms with Crippen LogP contribution in [0.1, 0.15) is 10.5 Å². The van der Waals surface area contributed by atoms with Gasteiger partial charge in [0.1, 0.15) is 17.3 Å². The normalized spacial score (nSPS) is 14.1. The largest absolute Gasteiger partial charge is 0.497 e. The zero-order valence-electron chi connectivity index (χ0n) is 15.7. The molecule has 0 radical (unpaired) electrons. The number of anilines is 2. The van der Waals surface area contributed by atoms with E-state index in [0.29, 0.717) is 18.8 Å². The maximum absolute atomic E-state index is 12.0. The van der Waals surface area contributed by atoms with Gasteiger partial charge in [-0.15, -0.1) is 0 Å². The third-order valence-corrected chi connectivity index (χ3v) is 4.50. The van der Waals surface area contributed by atoms with Crippen molar-refractivity contribution in [2.75, 3.05) is 63.4 Å². The van der Waals surface area contributed by atoms with Crippen molar-refractivity contribution in [3.8, 4) is 5.75 Å². The molecule has 0 spiro atoms. The summed E-state index contributed by atoms with van der Waals surface area (Å²) in [6, 6.07) is 8.10. The van der Waals surface area contributed by atoms with E-state index in [1.54, 1.807) is 20.4 Å². The van der Waals surface area contributed by atoms with E-state index in [9.17, 15) is 4.79 Å². The average Bonchev–Trinajstić information content (AvgIpc) is 2.74. The summed E-state index contributed by atoms with van der Waals surface area (Å²) in [5.41, 5.74) is 1.50. The van der Waals surface area contributed by atoms with E-state index < -0.39 is 0 Å². The third kappa shape index (κ3) is 4.85. The van der Waals surface area contributed by atoms with Crippen LogP contribution in [0.4, 0.5) is 11.5 Å². The number of rotatable bonds is 7. The predicted octanol–water partition coefficient (Wildman–Crippen LogP) is 1.19. The second-order valence-corrected chi connectivity index (χ2v) is 6.18. The SMILES string of the molecule is COCCNC(=O)c1cnc(N2CCN(c3ccc(OC)cc3)CC2)cn1. The number of ether oxygens (including phenoxy) is 2. The topological polar surface area (TPSA) is 79.8 Å². The van der Waals surface area contributed by atoms with Crippen molar-refractivity contribution in [2.45, 2.75) is 0 Å². The van der Waals surface area contributed by atoms with Crippen molar-refractivity contribution < 1.29 is 14.3 Å². The minimum absolute atomic E-state index is 0.240. The maximum Gasteiger partial charge on any atom is 0.271 e. The molecule has 1 aliphatic rings. The molecule has 8 heteroatoms. The quantitative estimate of drug-likeness (QED) is 0.732. The molecule has 2 aromatic rings. The van der Waals surface area contributed by atoms with Crippen LogP contribution in [0.5, 0.6) is 5.75 Å². The minimum Gasteiger partial charge on any atom is -0.497 e. The van der Waals surface area contributed by atoms with Crippen LogP contribution in [0.25, 0.3) is 0 Å². The predicted molar refractivity (Wildman–Crippen MR) is 104 cm³/mol. The Labute approximate surface area is 159 Å². The van der Waals surface area contributed by atoms with Gasteiger partial charge in [0.2, 0.25) is 0 Å². The fraction of sp³-hybridized carbons (Fsp3) is 0.421. The number of nitrogens with zero attached hydrogens (tertiary/aromatic N) is 4. The standard InChI is InChI=1S/C19H25N5O3/c1-26-12-7-20-19(25)17-13-22-18(14-21-17)24-10-8-23(9-11-24)15-3-5-16(27-2)6-4-15/h3-6,13-14H,7-12H2,1-2H3,(H,20,25). The van der Waals surface area contributed by atoms with Crippen LogP contribution < -0.4 is 19.9 Å². The van der Waals surface area contributed by atoms with Crippen LogP contribution in [0.2, 0.25) is 0 Å². The van der Waals surface area contributed by atoms with Crippen LogP contribution in [0, 0.1) is 0 Å². The molecule has 1 aliphatic heterocycles. The van der Waals surface area contributed by atoms with Gasteiger partial charge in [-0.25, -0.2) is 9.97 Å². The first-order valence-corrected chi connectivity index (χ1v) is 8.94. The van der Waals surface area contributed by atoms with E-state index in [2.05, 4.69) is 37.2 Å². The Morgan fingerprint density at radius 2 is 1.74 bits per heavy atom. The lowest BCUT2D eigenvalue weighted by molar-refractivity contribution is 0.0931. The number of nitrogens with one attached hydrogen (secondary N) is 1. The van der Waals surface area contributed by atoms with Crippen molar-refractivity contribution >= 4 is 17.4 Å². The molecule has 1 fully saturated rings. The lowest BCUT2D eigenvalue weighted by Gasteiger charge is -2.36. The summed E-state index contributed by atoms with van der Waals surface area (Å²) in [5.74, 6) is 1.41. The second-order valence-electron chi connectivity index (χ2n) is 6.18. The number of methoxy groups -OCH3 is 2. The van der Waals surface area contributed by atoms with Gasteiger partial charge in [-0.3, -0.25) is 4.79 Å². The molecule has 0 aliphatic carbocycles. The summed E-state index contributed by atoms with van der Waals surface area (Å²) in [4.78, 5) is 25.1. The molecular weight excluding hydrogens is 346 g/mol. The molecule has 1 N–H and O–H groups in total. The molecular formula is C19H25N5O3. The van der Waals surface area contributed by atoms with Gasteiger partial charge in [-0.2, -0.15) is 0 Å². The summed E-state index contributed by atoms with van der Waals surface area (Å²) < 4.78 is 10.1. The Bertz CT molecular complexity index is 728. The van der Waals surface area contributed by atoms with E-state index in [-0.39, 0.29) is 5.91 Å². The number of carbonyl (C=O) groups is 1. The van der Waals surface area contributed by atoms with Crippen LogP contribution in [-0.4, -0.2) is 69.4 Å². The van der Waals surface area contributed by atoms with Crippen molar-refractivity contribution in [1.29, 1.82) is 0 Å². The molecule has 1 aromatic carbocycles. The Morgan fingerprint density at radius 3 is 2.33 bits per heavy atom. The molecule has 27 heavy (non-hydrogen) atoms. The smallest absolute Gasteiger partial charge is 0.271 e. The van der Waals surface area contributed by atoms with E-state index in [1.165, 1.54) is 11.9 Å². The monoisotopic (exact) mass is 371 g/mol. The first-order valence-electron chi connectivity index (χ1n) is 8.94. The third-order valence-electron chi connectivity index (χ3n) is 4.50. The summed E-state index contributed by atoms with van der Waals surface area (Å²) in [6.45, 7) is 4.41. The number of hydrogen-bond acceptors (Lipinski definition) is 7. The van der Waals surface area contributed by atoms with E-state index in [4.69, 9.17) is 9.47 Å². The highest BCUT2D eigenvalue weighted by Gasteiger charge is 2.19. The van der Waals surface area contributed by atoms with Gasteiger partial charge in [0.25, 0.3) is 5.91 Å². The first kappa shape index (κ1) is 18.9. The molecule has 3 rings (SSSR count). The number of benzene rings is 1. The molecule has 1 saturated heterocycles. The highest BCUT2D eigenvalue weighted by Crippen LogP contribution is 2.21. The Hall–Kier alpha value is -2.87. The molecule has 0 saturated carbocycles. The molecule has 0 atom stereocenters. The first-order chi connectivity index (χ1) is 13.2. The van der Waals surface area contributed by atoms with Gasteiger partial charge in [0.15, 0.2) is 0 Å². The fourth-order valence-corrected chi connectivity index (χ4v) is 2.95. The molecule has 1 amide bonds. The number of hydrogen-bond donors (Lipinski definition) is 1. The average molecular weight is 371 g/mol. The highest BCUT2D eigenvalue weighted by atomic mass is 16.5. The van der Waals surface area contributed by atoms with Gasteiger partial charge < -0.3 is 24.6 Å². The molecule has 2 heterocycles. The Balaban J connectivity index is 1.53. The second kappa shape index (κ2) is 9.18. The van der Waals surface area contributed by atoms with Gasteiger partial charge in [0.05, 0.1) is 26.1 Å². The van der Waals surface area contributed by atoms with Gasteiger partial charge in [-0.1, -0.05) is 0 Å². The summed E-state index contributed by atoms with van der Waals surface area (Å²) in [6.07, 6.45) is 3.18. The molecule has 8 nitrogen and oxygen atoms in total. The van der Waals surface area contributed by atoms with Gasteiger partial charge in [0, 0.05) is 45.5 Å². The zero-order chi connectivity index (χ0) is 19.1. The van der Waals surface area contributed by atoms with E-state index >= 15 is 0 Å². The Morgan fingerprint density at radius 1 is 1.04 bits per heavy atom. The van der Waals surface area contributed by atoms with Crippen LogP contribution in [0.15, 0.2) is 36.7 Å². The number of aromatic nitrogens is 2. The van der Waals surface area contributed by atoms with Crippen molar-refractivity contribution in [3.63, 3.8) is 0 Å². The lowest BCUT2D eigenvalue weighted by atomic mass is 10.2. The number of piperazine rings is 1. The van der Waals surface area contributed by atoms with Gasteiger partial charge in [-0.05, 0) is 24.3 Å². The van der Waals surface area contributed by atoms with Crippen molar-refractivity contribution in [1.82, 2.24) is 15.3 Å². The van der Waals surface area contributed by atoms with Crippen LogP contribution >= 0.6 is 0 Å². The lowest BCUT2D eigenvalue weighted by Crippen LogP contribution is -2.46. The number of amides is 1. The summed E-state index contributed by atoms with van der Waals surface area (Å²) in [5, 5.41) is 2.74. The van der Waals surface area contributed by atoms with Crippen LogP contribution in [0.3, 0.4) is 0 Å². The molecule has 144 valence electrons. The maximum atomic E-state index is 12.0. The fourth-order valence-electron chi connectivity index (χ4n) is 2.95. The molecule has 1 aromatic heterocycles. The Kier molecular flexibility index (Phi) is 6.43. The molecule has 0 unspecified atom stereocenters. The molecule has 0 bridgehead atoms. The summed E-state index contributed by atoms with van der Waals surface area (Å²) in [7, 11) is 3.26. The summed E-state index contributed by atoms with van der Waals surface area (Å²) >= 11 is 0. The highest BCUT2D eigenvalue weighted by molar-refractivity contribution is 5.92. The van der Waals surface area contributed by atoms with Crippen LogP contribution in [-0.2, 0) is 4.74 Å². The zero-order valence-corrected chi connectivity index (χ0v) is 15.7. The van der Waals surface area contributed by atoms with Crippen molar-refractivity contribution in [3.05, 3.63) is 42.4 Å². The van der Waals surface area contributed by atoms with Crippen molar-refractivity contribution in [2.24, 2.45) is 0 Å². The van der Waals surface area contributed by atoms with E-state index in [0.717, 1.165) is 37.7 Å². The minimum atomic E-state index is -0.240.